The molecule has 1 aromatic carbocycles. The first-order chi connectivity index (χ1) is 11.5. The molecule has 0 saturated carbocycles. The first kappa shape index (κ1) is 20.2. The van der Waals surface area contributed by atoms with Crippen LogP contribution in [-0.4, -0.2) is 32.2 Å². The van der Waals surface area contributed by atoms with E-state index in [2.05, 4.69) is 35.9 Å². The van der Waals surface area contributed by atoms with E-state index in [1.807, 2.05) is 0 Å². The maximum Gasteiger partial charge on any atom is 0.305 e. The molecule has 0 aliphatic rings. The third-order valence-corrected chi connectivity index (χ3v) is 3.91. The van der Waals surface area contributed by atoms with Crippen molar-refractivity contribution in [3.63, 3.8) is 0 Å². The molecule has 0 aromatic heterocycles. The Morgan fingerprint density at radius 2 is 1.71 bits per heavy atom. The summed E-state index contributed by atoms with van der Waals surface area (Å²) < 4.78 is 10.3. The van der Waals surface area contributed by atoms with Crippen molar-refractivity contribution >= 4 is 11.9 Å². The maximum absolute atomic E-state index is 11.1. The van der Waals surface area contributed by atoms with E-state index < -0.39 is 0 Å². The Kier molecular flexibility index (Phi) is 9.77. The summed E-state index contributed by atoms with van der Waals surface area (Å²) in [6.07, 6.45) is 4.25. The van der Waals surface area contributed by atoms with Crippen LogP contribution < -0.4 is 5.73 Å². The number of nitrogens with two attached hydrogens (primary N) is 1. The van der Waals surface area contributed by atoms with Gasteiger partial charge < -0.3 is 15.2 Å². The third kappa shape index (κ3) is 9.30. The molecule has 5 heteroatoms. The second kappa shape index (κ2) is 11.6. The molecule has 0 radical (unpaired) electrons. The molecule has 1 amide bonds. The number of esters is 1. The molecule has 134 valence electrons. The zero-order valence-electron chi connectivity index (χ0n) is 14.8. The highest BCUT2D eigenvalue weighted by atomic mass is 16.5. The van der Waals surface area contributed by atoms with Gasteiger partial charge in [0.25, 0.3) is 0 Å². The summed E-state index contributed by atoms with van der Waals surface area (Å²) in [5, 5.41) is 0. The predicted molar refractivity (Wildman–Crippen MR) is 93.5 cm³/mol. The lowest BCUT2D eigenvalue weighted by molar-refractivity contribution is -0.140. The predicted octanol–water partition coefficient (Wildman–Crippen LogP) is 2.64. The van der Waals surface area contributed by atoms with Crippen LogP contribution >= 0.6 is 0 Å². The SMILES string of the molecule is COC(=O)CCc1ccc(CCCOC[C@@H](C)CCC(N)=O)cc1. The zero-order valence-corrected chi connectivity index (χ0v) is 14.8. The van der Waals surface area contributed by atoms with Gasteiger partial charge in [-0.05, 0) is 42.7 Å². The molecule has 0 fully saturated rings. The average Bonchev–Trinajstić information content (AvgIpc) is 2.58. The van der Waals surface area contributed by atoms with Gasteiger partial charge in [-0.1, -0.05) is 31.2 Å². The Hall–Kier alpha value is -1.88. The summed E-state index contributed by atoms with van der Waals surface area (Å²) in [6.45, 7) is 3.45. The molecule has 5 nitrogen and oxygen atoms in total. The minimum atomic E-state index is -0.253. The van der Waals surface area contributed by atoms with Crippen LogP contribution in [0.15, 0.2) is 24.3 Å². The quantitative estimate of drug-likeness (QED) is 0.470. The van der Waals surface area contributed by atoms with Crippen LogP contribution in [0.2, 0.25) is 0 Å². The van der Waals surface area contributed by atoms with Crippen molar-refractivity contribution in [3.05, 3.63) is 35.4 Å². The molecule has 1 rings (SSSR count). The fourth-order valence-corrected chi connectivity index (χ4v) is 2.36. The summed E-state index contributed by atoms with van der Waals surface area (Å²) in [5.74, 6) is -0.0789. The second-order valence-corrected chi connectivity index (χ2v) is 6.18. The number of benzene rings is 1. The van der Waals surface area contributed by atoms with E-state index in [4.69, 9.17) is 10.5 Å². The molecule has 1 atom stereocenters. The van der Waals surface area contributed by atoms with Crippen molar-refractivity contribution in [1.29, 1.82) is 0 Å². The van der Waals surface area contributed by atoms with E-state index in [1.54, 1.807) is 0 Å². The van der Waals surface area contributed by atoms with Crippen molar-refractivity contribution in [2.45, 2.75) is 45.4 Å². The molecule has 0 unspecified atom stereocenters. The smallest absolute Gasteiger partial charge is 0.305 e. The monoisotopic (exact) mass is 335 g/mol. The first-order valence-corrected chi connectivity index (χ1v) is 8.52. The molecule has 0 spiro atoms. The first-order valence-electron chi connectivity index (χ1n) is 8.52. The number of methoxy groups -OCH3 is 1. The largest absolute Gasteiger partial charge is 0.469 e. The zero-order chi connectivity index (χ0) is 17.8. The van der Waals surface area contributed by atoms with E-state index in [0.717, 1.165) is 24.8 Å². The van der Waals surface area contributed by atoms with Crippen LogP contribution in [0.5, 0.6) is 0 Å². The number of rotatable bonds is 12. The van der Waals surface area contributed by atoms with Crippen molar-refractivity contribution < 1.29 is 19.1 Å². The second-order valence-electron chi connectivity index (χ2n) is 6.18. The Bertz CT molecular complexity index is 499. The Morgan fingerprint density at radius 1 is 1.08 bits per heavy atom. The van der Waals surface area contributed by atoms with Gasteiger partial charge in [-0.25, -0.2) is 0 Å². The summed E-state index contributed by atoms with van der Waals surface area (Å²) in [6, 6.07) is 8.32. The fraction of sp³-hybridized carbons (Fsp3) is 0.579. The molecule has 0 bridgehead atoms. The molecule has 24 heavy (non-hydrogen) atoms. The van der Waals surface area contributed by atoms with Gasteiger partial charge in [-0.15, -0.1) is 0 Å². The topological polar surface area (TPSA) is 78.6 Å². The Labute approximate surface area is 144 Å². The number of amides is 1. The van der Waals surface area contributed by atoms with Crippen LogP contribution in [0, 0.1) is 5.92 Å². The molecule has 0 heterocycles. The van der Waals surface area contributed by atoms with Gasteiger partial charge in [0, 0.05) is 26.1 Å². The minimum absolute atomic E-state index is 0.179. The van der Waals surface area contributed by atoms with Gasteiger partial charge in [0.05, 0.1) is 7.11 Å². The van der Waals surface area contributed by atoms with Gasteiger partial charge in [-0.3, -0.25) is 9.59 Å². The Balaban J connectivity index is 2.14. The lowest BCUT2D eigenvalue weighted by Crippen LogP contribution is -2.14. The highest BCUT2D eigenvalue weighted by Crippen LogP contribution is 2.10. The summed E-state index contributed by atoms with van der Waals surface area (Å²) in [7, 11) is 1.41. The molecular weight excluding hydrogens is 306 g/mol. The minimum Gasteiger partial charge on any atom is -0.469 e. The van der Waals surface area contributed by atoms with Crippen LogP contribution in [0.4, 0.5) is 0 Å². The average molecular weight is 335 g/mol. The summed E-state index contributed by atoms with van der Waals surface area (Å²) in [5.41, 5.74) is 7.54. The number of primary amides is 1. The van der Waals surface area contributed by atoms with Gasteiger partial charge >= 0.3 is 5.97 Å². The maximum atomic E-state index is 11.1. The molecule has 0 aliphatic carbocycles. The summed E-state index contributed by atoms with van der Waals surface area (Å²) in [4.78, 5) is 21.8. The molecule has 1 aromatic rings. The normalized spacial score (nSPS) is 11.9. The molecular formula is C19H29NO4. The third-order valence-electron chi connectivity index (χ3n) is 3.91. The fourth-order valence-electron chi connectivity index (χ4n) is 2.36. The van der Waals surface area contributed by atoms with Gasteiger partial charge in [0.1, 0.15) is 0 Å². The number of hydrogen-bond acceptors (Lipinski definition) is 4. The van der Waals surface area contributed by atoms with Gasteiger partial charge in [0.2, 0.25) is 5.91 Å². The summed E-state index contributed by atoms with van der Waals surface area (Å²) >= 11 is 0. The Morgan fingerprint density at radius 3 is 2.29 bits per heavy atom. The van der Waals surface area contributed by atoms with Crippen molar-refractivity contribution in [2.24, 2.45) is 11.7 Å². The van der Waals surface area contributed by atoms with Crippen molar-refractivity contribution in [3.8, 4) is 0 Å². The highest BCUT2D eigenvalue weighted by Gasteiger charge is 2.05. The van der Waals surface area contributed by atoms with E-state index in [1.165, 1.54) is 12.7 Å². The highest BCUT2D eigenvalue weighted by molar-refractivity contribution is 5.73. The van der Waals surface area contributed by atoms with Crippen molar-refractivity contribution in [2.75, 3.05) is 20.3 Å². The number of carbonyl (C=O) groups is 2. The van der Waals surface area contributed by atoms with Gasteiger partial charge in [-0.2, -0.15) is 0 Å². The van der Waals surface area contributed by atoms with Gasteiger partial charge in [0.15, 0.2) is 0 Å². The van der Waals surface area contributed by atoms with E-state index in [9.17, 15) is 9.59 Å². The molecule has 2 N–H and O–H groups in total. The number of hydrogen-bond donors (Lipinski definition) is 1. The van der Waals surface area contributed by atoms with E-state index >= 15 is 0 Å². The van der Waals surface area contributed by atoms with Crippen LogP contribution in [0.1, 0.15) is 43.7 Å². The lowest BCUT2D eigenvalue weighted by atomic mass is 10.0. The number of aryl methyl sites for hydroxylation is 2. The van der Waals surface area contributed by atoms with E-state index in [-0.39, 0.29) is 11.9 Å². The van der Waals surface area contributed by atoms with E-state index in [0.29, 0.717) is 38.4 Å². The number of ether oxygens (including phenoxy) is 2. The molecule has 0 aliphatic heterocycles. The number of carbonyl (C=O) groups excluding carboxylic acids is 2. The van der Waals surface area contributed by atoms with Crippen LogP contribution in [0.25, 0.3) is 0 Å². The van der Waals surface area contributed by atoms with Crippen LogP contribution in [0.3, 0.4) is 0 Å². The lowest BCUT2D eigenvalue weighted by Gasteiger charge is -2.11. The standard InChI is InChI=1S/C19H29NO4/c1-15(5-11-18(20)21)14-24-13-3-4-16-6-8-17(9-7-16)10-12-19(22)23-2/h6-9,15H,3-5,10-14H2,1-2H3,(H2,20,21)/t15-/m0/s1. The van der Waals surface area contributed by atoms with Crippen molar-refractivity contribution in [1.82, 2.24) is 0 Å². The van der Waals surface area contributed by atoms with Crippen LogP contribution in [-0.2, 0) is 31.9 Å². The molecule has 0 saturated heterocycles.